The van der Waals surface area contributed by atoms with Crippen LogP contribution in [0.2, 0.25) is 0 Å². The van der Waals surface area contributed by atoms with Crippen molar-refractivity contribution in [2.75, 3.05) is 20.8 Å². The van der Waals surface area contributed by atoms with Crippen LogP contribution < -0.4 is 5.32 Å². The Labute approximate surface area is 168 Å². The van der Waals surface area contributed by atoms with Gasteiger partial charge in [0.15, 0.2) is 4.84 Å². The maximum absolute atomic E-state index is 13.2. The van der Waals surface area contributed by atoms with Crippen molar-refractivity contribution >= 4 is 29.1 Å². The minimum absolute atomic E-state index is 0.472. The number of nitrogens with one attached hydrogen (secondary N) is 1. The summed E-state index contributed by atoms with van der Waals surface area (Å²) in [6.45, 7) is -0.195. The van der Waals surface area contributed by atoms with Gasteiger partial charge in [0.1, 0.15) is 12.8 Å². The zero-order valence-electron chi connectivity index (χ0n) is 15.1. The van der Waals surface area contributed by atoms with Gasteiger partial charge in [-0.25, -0.2) is 4.39 Å². The molecule has 8 heteroatoms. The lowest BCUT2D eigenvalue weighted by atomic mass is 9.99. The number of hydrogen-bond acceptors (Lipinski definition) is 4. The Kier molecular flexibility index (Phi) is 7.98. The Morgan fingerprint density at radius 2 is 1.81 bits per heavy atom. The van der Waals surface area contributed by atoms with Gasteiger partial charge in [-0.1, -0.05) is 53.5 Å². The molecule has 27 heavy (non-hydrogen) atoms. The largest absolute Gasteiger partial charge is 0.386 e. The van der Waals surface area contributed by atoms with Crippen LogP contribution >= 0.6 is 23.2 Å². The fourth-order valence-corrected chi connectivity index (χ4v) is 2.69. The maximum atomic E-state index is 13.2. The molecule has 1 heterocycles. The fourth-order valence-electron chi connectivity index (χ4n) is 2.57. The van der Waals surface area contributed by atoms with Crippen LogP contribution in [0.25, 0.3) is 11.1 Å². The van der Waals surface area contributed by atoms with Gasteiger partial charge in [-0.3, -0.25) is 9.78 Å². The Morgan fingerprint density at radius 3 is 2.30 bits per heavy atom. The lowest BCUT2D eigenvalue weighted by Gasteiger charge is -2.22. The second-order valence-electron chi connectivity index (χ2n) is 6.41. The molecule has 5 nitrogen and oxygen atoms in total. The quantitative estimate of drug-likeness (QED) is 0.652. The molecule has 0 aliphatic carbocycles. The van der Waals surface area contributed by atoms with Gasteiger partial charge in [-0.05, 0) is 31.3 Å². The smallest absolute Gasteiger partial charge is 0.253 e. The minimum atomic E-state index is -1.32. The summed E-state index contributed by atoms with van der Waals surface area (Å²) < 4.78 is 13.2. The third kappa shape index (κ3) is 6.14. The molecule has 1 aromatic heterocycles. The number of nitrogens with zero attached hydrogens (tertiary/aromatic N) is 2. The SMILES string of the molecule is CN(C)Cc1ccc(-c2ccc([C@@H](O)[C@@H](CF)NC(=O)C(Cl)Cl)cc2)cn1. The summed E-state index contributed by atoms with van der Waals surface area (Å²) in [6.07, 6.45) is 0.566. The lowest BCUT2D eigenvalue weighted by Crippen LogP contribution is -2.43. The van der Waals surface area contributed by atoms with Crippen LogP contribution in [0, 0.1) is 0 Å². The van der Waals surface area contributed by atoms with Crippen molar-refractivity contribution in [2.45, 2.75) is 23.5 Å². The summed E-state index contributed by atoms with van der Waals surface area (Å²) in [6, 6.07) is 9.79. The van der Waals surface area contributed by atoms with Crippen LogP contribution in [-0.2, 0) is 11.3 Å². The third-order valence-corrected chi connectivity index (χ3v) is 4.36. The van der Waals surface area contributed by atoms with Gasteiger partial charge in [0.05, 0.1) is 11.7 Å². The van der Waals surface area contributed by atoms with Gasteiger partial charge in [-0.2, -0.15) is 0 Å². The van der Waals surface area contributed by atoms with Gasteiger partial charge in [-0.15, -0.1) is 0 Å². The second kappa shape index (κ2) is 9.99. The van der Waals surface area contributed by atoms with Crippen molar-refractivity contribution in [3.8, 4) is 11.1 Å². The molecular weight excluding hydrogens is 392 g/mol. The van der Waals surface area contributed by atoms with Crippen molar-refractivity contribution in [3.63, 3.8) is 0 Å². The number of aliphatic hydroxyl groups excluding tert-OH is 1. The molecule has 0 saturated heterocycles. The number of alkyl halides is 3. The molecule has 0 aliphatic rings. The number of carbonyl (C=O) groups is 1. The normalized spacial score (nSPS) is 13.6. The van der Waals surface area contributed by atoms with E-state index >= 15 is 0 Å². The second-order valence-corrected chi connectivity index (χ2v) is 7.51. The van der Waals surface area contributed by atoms with E-state index in [0.29, 0.717) is 5.56 Å². The first-order valence-electron chi connectivity index (χ1n) is 8.34. The third-order valence-electron chi connectivity index (χ3n) is 3.96. The molecule has 0 aliphatic heterocycles. The molecule has 2 N–H and O–H groups in total. The molecule has 0 bridgehead atoms. The zero-order valence-corrected chi connectivity index (χ0v) is 16.6. The molecular formula is C19H22Cl2FN3O2. The van der Waals surface area contributed by atoms with Crippen LogP contribution in [0.1, 0.15) is 17.4 Å². The zero-order chi connectivity index (χ0) is 20.0. The number of aliphatic hydroxyl groups is 1. The summed E-state index contributed by atoms with van der Waals surface area (Å²) in [5.74, 6) is -0.749. The van der Waals surface area contributed by atoms with Crippen molar-refractivity contribution in [1.82, 2.24) is 15.2 Å². The summed E-state index contributed by atoms with van der Waals surface area (Å²) >= 11 is 10.9. The number of halogens is 3. The van der Waals surface area contributed by atoms with E-state index in [-0.39, 0.29) is 0 Å². The topological polar surface area (TPSA) is 65.5 Å². The monoisotopic (exact) mass is 413 g/mol. The Hall–Kier alpha value is -1.73. The van der Waals surface area contributed by atoms with Gasteiger partial charge in [0.2, 0.25) is 0 Å². The number of pyridine rings is 1. The molecule has 0 spiro atoms. The Morgan fingerprint density at radius 1 is 1.19 bits per heavy atom. The van der Waals surface area contributed by atoms with Crippen LogP contribution in [-0.4, -0.2) is 52.5 Å². The summed E-state index contributed by atoms with van der Waals surface area (Å²) in [5.41, 5.74) is 3.28. The summed E-state index contributed by atoms with van der Waals surface area (Å²) in [5, 5.41) is 12.6. The highest BCUT2D eigenvalue weighted by Crippen LogP contribution is 2.24. The maximum Gasteiger partial charge on any atom is 0.253 e. The van der Waals surface area contributed by atoms with E-state index < -0.39 is 29.6 Å². The van der Waals surface area contributed by atoms with Crippen LogP contribution in [0.15, 0.2) is 42.6 Å². The molecule has 2 rings (SSSR count). The van der Waals surface area contributed by atoms with Crippen molar-refractivity contribution in [2.24, 2.45) is 0 Å². The molecule has 1 aromatic carbocycles. The Bertz CT molecular complexity index is 740. The van der Waals surface area contributed by atoms with Crippen LogP contribution in [0.5, 0.6) is 0 Å². The molecule has 0 unspecified atom stereocenters. The van der Waals surface area contributed by atoms with E-state index in [1.807, 2.05) is 43.3 Å². The standard InChI is InChI=1S/C19H22Cl2FN3O2/c1-25(2)11-15-8-7-14(10-23-15)12-3-5-13(6-4-12)17(26)16(9-22)24-19(27)18(20)21/h3-8,10,16-18,26H,9,11H2,1-2H3,(H,24,27)/t16-,17-/m1/s1. The number of benzene rings is 1. The molecule has 0 saturated carbocycles. The van der Waals surface area contributed by atoms with Crippen molar-refractivity contribution < 1.29 is 14.3 Å². The van der Waals surface area contributed by atoms with E-state index in [9.17, 15) is 14.3 Å². The average Bonchev–Trinajstić information content (AvgIpc) is 2.65. The fraction of sp³-hybridized carbons (Fsp3) is 0.368. The number of carbonyl (C=O) groups excluding carboxylic acids is 1. The first kappa shape index (κ1) is 21.6. The van der Waals surface area contributed by atoms with Crippen molar-refractivity contribution in [3.05, 3.63) is 53.9 Å². The molecule has 2 atom stereocenters. The molecule has 0 fully saturated rings. The van der Waals surface area contributed by atoms with Gasteiger partial charge in [0, 0.05) is 18.3 Å². The molecule has 0 radical (unpaired) electrons. The van der Waals surface area contributed by atoms with E-state index in [0.717, 1.165) is 23.4 Å². The van der Waals surface area contributed by atoms with Gasteiger partial charge in [0.25, 0.3) is 5.91 Å². The minimum Gasteiger partial charge on any atom is -0.386 e. The highest BCUT2D eigenvalue weighted by molar-refractivity contribution is 6.53. The van der Waals surface area contributed by atoms with E-state index in [1.54, 1.807) is 18.3 Å². The predicted octanol–water partition coefficient (Wildman–Crippen LogP) is 3.10. The molecule has 146 valence electrons. The number of aromatic nitrogens is 1. The van der Waals surface area contributed by atoms with E-state index in [4.69, 9.17) is 23.2 Å². The van der Waals surface area contributed by atoms with E-state index in [2.05, 4.69) is 10.3 Å². The number of hydrogen-bond donors (Lipinski definition) is 2. The summed E-state index contributed by atoms with van der Waals surface area (Å²) in [7, 11) is 3.96. The van der Waals surface area contributed by atoms with Crippen molar-refractivity contribution in [1.29, 1.82) is 0 Å². The Balaban J connectivity index is 2.10. The number of amides is 1. The highest BCUT2D eigenvalue weighted by Gasteiger charge is 2.25. The first-order valence-corrected chi connectivity index (χ1v) is 9.21. The lowest BCUT2D eigenvalue weighted by molar-refractivity contribution is -0.121. The number of rotatable bonds is 8. The van der Waals surface area contributed by atoms with Gasteiger partial charge < -0.3 is 15.3 Å². The van der Waals surface area contributed by atoms with Gasteiger partial charge >= 0.3 is 0 Å². The van der Waals surface area contributed by atoms with E-state index in [1.165, 1.54) is 0 Å². The highest BCUT2D eigenvalue weighted by atomic mass is 35.5. The first-order chi connectivity index (χ1) is 12.8. The predicted molar refractivity (Wildman–Crippen MR) is 105 cm³/mol. The molecule has 1 amide bonds. The average molecular weight is 414 g/mol. The molecule has 2 aromatic rings. The van der Waals surface area contributed by atoms with Crippen LogP contribution in [0.3, 0.4) is 0 Å². The summed E-state index contributed by atoms with van der Waals surface area (Å²) in [4.78, 5) is 16.7. The van der Waals surface area contributed by atoms with Crippen LogP contribution in [0.4, 0.5) is 4.39 Å².